The smallest absolute Gasteiger partial charge is 0.408 e. The molecule has 2 saturated heterocycles. The number of fused-ring (bicyclic) bond motifs is 2. The maximum atomic E-state index is 12.4. The molecule has 2 unspecified atom stereocenters. The lowest BCUT2D eigenvalue weighted by atomic mass is 9.83. The summed E-state index contributed by atoms with van der Waals surface area (Å²) in [4.78, 5) is 24.4. The molecule has 0 aromatic carbocycles. The van der Waals surface area contributed by atoms with E-state index in [4.69, 9.17) is 4.74 Å². The summed E-state index contributed by atoms with van der Waals surface area (Å²) in [5, 5.41) is 19.3. The first kappa shape index (κ1) is 23.7. The second-order valence-electron chi connectivity index (χ2n) is 9.85. The van der Waals surface area contributed by atoms with Gasteiger partial charge in [0.25, 0.3) is 0 Å². The highest BCUT2D eigenvalue weighted by atomic mass is 16.6. The molecule has 4 atom stereocenters. The van der Waals surface area contributed by atoms with Crippen molar-refractivity contribution in [3.05, 3.63) is 12.2 Å². The monoisotopic (exact) mass is 408 g/mol. The summed E-state index contributed by atoms with van der Waals surface area (Å²) in [7, 11) is 0. The van der Waals surface area contributed by atoms with E-state index in [-0.39, 0.29) is 36.5 Å². The lowest BCUT2D eigenvalue weighted by Gasteiger charge is -2.43. The Balaban J connectivity index is 1.81. The molecule has 2 heterocycles. The first-order chi connectivity index (χ1) is 13.5. The number of hydrogen-bond donors (Lipinski definition) is 2. The highest BCUT2D eigenvalue weighted by Gasteiger charge is 2.39. The number of ether oxygens (including phenoxy) is 1. The van der Waals surface area contributed by atoms with Crippen molar-refractivity contribution in [1.82, 2.24) is 15.7 Å². The van der Waals surface area contributed by atoms with Crippen LogP contribution >= 0.6 is 0 Å². The lowest BCUT2D eigenvalue weighted by Crippen LogP contribution is -2.55. The Bertz CT molecular complexity index is 571. The Morgan fingerprint density at radius 3 is 2.34 bits per heavy atom. The van der Waals surface area contributed by atoms with Crippen molar-refractivity contribution in [1.29, 1.82) is 0 Å². The van der Waals surface area contributed by atoms with Gasteiger partial charge >= 0.3 is 6.09 Å². The average molecular weight is 409 g/mol. The first-order valence-corrected chi connectivity index (χ1v) is 10.9. The number of nitrogens with one attached hydrogen (secondary N) is 2. The molecule has 0 aromatic rings. The van der Waals surface area contributed by atoms with Crippen molar-refractivity contribution in [3.63, 3.8) is 0 Å². The van der Waals surface area contributed by atoms with Gasteiger partial charge in [0, 0.05) is 24.5 Å². The van der Waals surface area contributed by atoms with Crippen LogP contribution in [-0.2, 0) is 14.7 Å². The minimum atomic E-state index is -0.548. The average Bonchev–Trinajstić information content (AvgIpc) is 2.53. The van der Waals surface area contributed by atoms with E-state index >= 15 is 0 Å². The summed E-state index contributed by atoms with van der Waals surface area (Å²) in [6.07, 6.45) is 8.71. The lowest BCUT2D eigenvalue weighted by molar-refractivity contribution is -0.246. The van der Waals surface area contributed by atoms with Crippen LogP contribution in [0.1, 0.15) is 79.6 Å². The fourth-order valence-electron chi connectivity index (χ4n) is 4.23. The molecule has 2 aliphatic rings. The van der Waals surface area contributed by atoms with E-state index in [0.29, 0.717) is 5.92 Å². The third kappa shape index (κ3) is 8.34. The molecule has 7 heteroatoms. The van der Waals surface area contributed by atoms with Crippen molar-refractivity contribution in [2.45, 2.75) is 109 Å². The number of piperidine rings is 2. The zero-order valence-electron chi connectivity index (χ0n) is 18.6. The topological polar surface area (TPSA) is 90.6 Å². The predicted molar refractivity (Wildman–Crippen MR) is 111 cm³/mol. The normalized spacial score (nSPS) is 26.4. The maximum absolute atomic E-state index is 12.4. The molecule has 1 radical (unpaired) electrons. The predicted octanol–water partition coefficient (Wildman–Crippen LogP) is 3.72. The van der Waals surface area contributed by atoms with Gasteiger partial charge in [-0.15, -0.1) is 10.3 Å². The molecule has 2 fully saturated rings. The minimum Gasteiger partial charge on any atom is -0.444 e. The van der Waals surface area contributed by atoms with E-state index < -0.39 is 11.7 Å². The molecule has 0 saturated carbocycles. The molecule has 165 valence electrons. The molecule has 2 bridgehead atoms. The fourth-order valence-corrected chi connectivity index (χ4v) is 4.23. The number of nitrogens with zero attached hydrogens (tertiary/aromatic N) is 1. The van der Waals surface area contributed by atoms with Crippen molar-refractivity contribution in [3.8, 4) is 0 Å². The van der Waals surface area contributed by atoms with E-state index in [1.165, 1.54) is 5.06 Å². The standard InChI is InChI=1S/C22H38N3O4/c1-15(2)12-16(24-21(27)29-22(3,4)5)8-6-11-20(26)23-17-13-18-9-7-10-19(14-17)25(18)28/h6,8,15-19H,7,9-14H2,1-5H3,(H,23,26)(H,24,27)/b8-6+/t16-,17?,18+,19?/m1/s1. The number of carbonyl (C=O) groups excluding carboxylic acids is 2. The minimum absolute atomic E-state index is 0.0377. The van der Waals surface area contributed by atoms with Gasteiger partial charge in [-0.1, -0.05) is 32.4 Å². The van der Waals surface area contributed by atoms with E-state index in [1.54, 1.807) is 0 Å². The summed E-state index contributed by atoms with van der Waals surface area (Å²) in [5.74, 6) is 0.356. The molecular formula is C22H38N3O4. The van der Waals surface area contributed by atoms with Gasteiger partial charge < -0.3 is 15.4 Å². The number of rotatable bonds is 7. The highest BCUT2D eigenvalue weighted by molar-refractivity contribution is 5.77. The first-order valence-electron chi connectivity index (χ1n) is 10.9. The summed E-state index contributed by atoms with van der Waals surface area (Å²) < 4.78 is 5.33. The second-order valence-corrected chi connectivity index (χ2v) is 9.85. The molecular weight excluding hydrogens is 370 g/mol. The largest absolute Gasteiger partial charge is 0.444 e. The summed E-state index contributed by atoms with van der Waals surface area (Å²) in [6.45, 7) is 9.66. The summed E-state index contributed by atoms with van der Waals surface area (Å²) in [5.41, 5.74) is -0.548. The number of carbonyl (C=O) groups is 2. The molecule has 0 aromatic heterocycles. The van der Waals surface area contributed by atoms with E-state index in [1.807, 2.05) is 32.9 Å². The van der Waals surface area contributed by atoms with E-state index in [0.717, 1.165) is 38.5 Å². The number of hydrogen-bond acceptors (Lipinski definition) is 4. The van der Waals surface area contributed by atoms with Crippen LogP contribution in [-0.4, -0.2) is 46.8 Å². The Morgan fingerprint density at radius 2 is 1.79 bits per heavy atom. The molecule has 0 spiro atoms. The molecule has 2 N–H and O–H groups in total. The Morgan fingerprint density at radius 1 is 1.17 bits per heavy atom. The molecule has 2 amide bonds. The molecule has 0 aliphatic carbocycles. The Hall–Kier alpha value is -1.60. The van der Waals surface area contributed by atoms with Crippen molar-refractivity contribution in [2.75, 3.05) is 0 Å². The van der Waals surface area contributed by atoms with Crippen molar-refractivity contribution in [2.24, 2.45) is 5.92 Å². The van der Waals surface area contributed by atoms with Gasteiger partial charge in [-0.05, 0) is 58.8 Å². The van der Waals surface area contributed by atoms with Gasteiger partial charge in [0.1, 0.15) is 5.60 Å². The zero-order valence-corrected chi connectivity index (χ0v) is 18.6. The third-order valence-corrected chi connectivity index (χ3v) is 5.37. The third-order valence-electron chi connectivity index (χ3n) is 5.37. The molecule has 29 heavy (non-hydrogen) atoms. The van der Waals surface area contributed by atoms with Crippen molar-refractivity contribution < 1.29 is 19.5 Å². The summed E-state index contributed by atoms with van der Waals surface area (Å²) >= 11 is 0. The number of hydroxylamine groups is 2. The van der Waals surface area contributed by atoms with Crippen LogP contribution in [0.4, 0.5) is 4.79 Å². The van der Waals surface area contributed by atoms with Crippen LogP contribution in [0.25, 0.3) is 0 Å². The van der Waals surface area contributed by atoms with Gasteiger partial charge in [-0.25, -0.2) is 4.79 Å². The maximum Gasteiger partial charge on any atom is 0.408 e. The van der Waals surface area contributed by atoms with Gasteiger partial charge in [-0.2, -0.15) is 0 Å². The van der Waals surface area contributed by atoms with Gasteiger partial charge in [0.2, 0.25) is 5.91 Å². The highest BCUT2D eigenvalue weighted by Crippen LogP contribution is 2.32. The van der Waals surface area contributed by atoms with Crippen LogP contribution in [0.15, 0.2) is 12.2 Å². The van der Waals surface area contributed by atoms with Crippen LogP contribution < -0.4 is 10.6 Å². The molecule has 2 rings (SSSR count). The van der Waals surface area contributed by atoms with E-state index in [9.17, 15) is 14.8 Å². The van der Waals surface area contributed by atoms with Crippen LogP contribution in [0, 0.1) is 5.92 Å². The van der Waals surface area contributed by atoms with Gasteiger partial charge in [0.05, 0.1) is 6.04 Å². The number of amides is 2. The van der Waals surface area contributed by atoms with Gasteiger partial charge in [0.15, 0.2) is 0 Å². The fraction of sp³-hybridized carbons (Fsp3) is 0.818. The Kier molecular flexibility index (Phi) is 8.52. The molecule has 7 nitrogen and oxygen atoms in total. The Labute approximate surface area is 175 Å². The molecule has 2 aliphatic heterocycles. The zero-order chi connectivity index (χ0) is 21.6. The van der Waals surface area contributed by atoms with Gasteiger partial charge in [-0.3, -0.25) is 4.79 Å². The van der Waals surface area contributed by atoms with Crippen LogP contribution in [0.2, 0.25) is 0 Å². The van der Waals surface area contributed by atoms with Crippen LogP contribution in [0.5, 0.6) is 0 Å². The second kappa shape index (κ2) is 10.4. The quantitative estimate of drug-likeness (QED) is 0.628. The number of alkyl carbamates (subject to hydrolysis) is 1. The van der Waals surface area contributed by atoms with Crippen LogP contribution in [0.3, 0.4) is 0 Å². The van der Waals surface area contributed by atoms with Crippen molar-refractivity contribution >= 4 is 12.0 Å². The SMILES string of the molecule is CC(C)C[C@@H](/C=C/CC(=O)NC1CC2CCC[C@@H](C1)N2[O])NC(=O)OC(C)(C)C. The van der Waals surface area contributed by atoms with E-state index in [2.05, 4.69) is 24.5 Å². The summed E-state index contributed by atoms with van der Waals surface area (Å²) in [6, 6.07) is 0.0112.